The van der Waals surface area contributed by atoms with Gasteiger partial charge >= 0.3 is 0 Å². The number of fused-ring (bicyclic) bond motifs is 1. The zero-order valence-corrected chi connectivity index (χ0v) is 22.5. The van der Waals surface area contributed by atoms with Crippen LogP contribution in [0.2, 0.25) is 0 Å². The molecule has 0 fully saturated rings. The van der Waals surface area contributed by atoms with E-state index in [0.717, 1.165) is 42.1 Å². The first-order valence-corrected chi connectivity index (χ1v) is 13.7. The van der Waals surface area contributed by atoms with Crippen molar-refractivity contribution >= 4 is 41.0 Å². The molecule has 186 valence electrons. The molecule has 4 heterocycles. The normalized spacial score (nSPS) is 11.8. The Balaban J connectivity index is 0.000000292. The molecule has 1 unspecified atom stereocenters. The molecular weight excluding hydrogens is 478 g/mol. The van der Waals surface area contributed by atoms with E-state index in [-0.39, 0.29) is 0 Å². The molecule has 0 aromatic carbocycles. The maximum atomic E-state index is 11.3. The molecule has 4 rings (SSSR count). The van der Waals surface area contributed by atoms with Crippen molar-refractivity contribution < 1.29 is 4.79 Å². The van der Waals surface area contributed by atoms with Gasteiger partial charge in [0.2, 0.25) is 0 Å². The molecule has 0 saturated heterocycles. The van der Waals surface area contributed by atoms with Gasteiger partial charge in [0.15, 0.2) is 5.65 Å². The lowest BCUT2D eigenvalue weighted by molar-refractivity contribution is 0.112. The molecule has 4 aromatic rings. The summed E-state index contributed by atoms with van der Waals surface area (Å²) in [4.78, 5) is 24.1. The second kappa shape index (κ2) is 13.3. The summed E-state index contributed by atoms with van der Waals surface area (Å²) < 4.78 is 4.78. The molecule has 0 aliphatic rings. The third-order valence-corrected chi connectivity index (χ3v) is 6.85. The summed E-state index contributed by atoms with van der Waals surface area (Å²) in [5.41, 5.74) is 3.59. The van der Waals surface area contributed by atoms with E-state index in [9.17, 15) is 4.79 Å². The van der Waals surface area contributed by atoms with Gasteiger partial charge in [-0.15, -0.1) is 11.3 Å². The zero-order chi connectivity index (χ0) is 25.2. The Bertz CT molecular complexity index is 1210. The number of carbonyl (C=O) groups is 1. The molecule has 0 saturated carbocycles. The molecule has 0 bridgehead atoms. The van der Waals surface area contributed by atoms with E-state index >= 15 is 0 Å². The van der Waals surface area contributed by atoms with Crippen molar-refractivity contribution in [3.8, 4) is 21.8 Å². The van der Waals surface area contributed by atoms with Crippen LogP contribution in [0.3, 0.4) is 0 Å². The molecule has 4 aromatic heterocycles. The van der Waals surface area contributed by atoms with Gasteiger partial charge in [0, 0.05) is 30.6 Å². The lowest BCUT2D eigenvalue weighted by Gasteiger charge is -2.25. The van der Waals surface area contributed by atoms with E-state index in [2.05, 4.69) is 45.8 Å². The first-order valence-electron chi connectivity index (χ1n) is 11.6. The number of pyridine rings is 1. The van der Waals surface area contributed by atoms with Gasteiger partial charge in [-0.3, -0.25) is 9.69 Å². The average molecular weight is 512 g/mol. The molecular formula is C25H33N7OS2. The molecule has 10 heteroatoms. The average Bonchev–Trinajstić information content (AvgIpc) is 3.55. The fourth-order valence-electron chi connectivity index (χ4n) is 3.80. The number of aldehydes is 1. The van der Waals surface area contributed by atoms with Crippen molar-refractivity contribution in [3.63, 3.8) is 0 Å². The fraction of sp³-hybridized carbons (Fsp3) is 0.360. The van der Waals surface area contributed by atoms with Crippen molar-refractivity contribution in [3.05, 3.63) is 53.7 Å². The van der Waals surface area contributed by atoms with E-state index in [1.165, 1.54) is 11.9 Å². The van der Waals surface area contributed by atoms with E-state index in [1.807, 2.05) is 43.1 Å². The predicted octanol–water partition coefficient (Wildman–Crippen LogP) is 4.96. The van der Waals surface area contributed by atoms with Gasteiger partial charge in [-0.05, 0) is 56.7 Å². The van der Waals surface area contributed by atoms with Crippen LogP contribution in [0.25, 0.3) is 27.5 Å². The van der Waals surface area contributed by atoms with Crippen LogP contribution in [0.5, 0.6) is 0 Å². The van der Waals surface area contributed by atoms with Gasteiger partial charge in [-0.25, -0.2) is 14.5 Å². The van der Waals surface area contributed by atoms with Crippen molar-refractivity contribution in [2.75, 3.05) is 37.7 Å². The van der Waals surface area contributed by atoms with E-state index in [4.69, 9.17) is 4.98 Å². The quantitative estimate of drug-likeness (QED) is 0.228. The van der Waals surface area contributed by atoms with Crippen molar-refractivity contribution in [2.24, 2.45) is 0 Å². The SMILES string of the molecule is CCN(CC)C(C)CNC.CSNc1cc(C=O)cc(-c2cnn3ccc(-c4cccs4)nc23)n1. The van der Waals surface area contributed by atoms with Gasteiger partial charge in [0.05, 0.1) is 28.0 Å². The van der Waals surface area contributed by atoms with Gasteiger partial charge in [0.1, 0.15) is 12.1 Å². The molecule has 0 spiro atoms. The Morgan fingerprint density at radius 3 is 2.63 bits per heavy atom. The molecule has 0 radical (unpaired) electrons. The Labute approximate surface area is 215 Å². The first kappa shape index (κ1) is 26.8. The minimum atomic E-state index is 0.551. The Morgan fingerprint density at radius 2 is 2.00 bits per heavy atom. The standard InChI is InChI=1S/C17H13N5OS2.C8H20N2/c1-24-21-16-8-11(10-23)7-14(19-16)12-9-18-22-5-4-13(20-17(12)22)15-3-2-6-25-15;1-5-10(6-2)8(3)7-9-4/h2-10H,1H3,(H,19,21);8-9H,5-7H2,1-4H3. The number of hydrogen-bond donors (Lipinski definition) is 2. The molecule has 2 N–H and O–H groups in total. The number of carbonyl (C=O) groups excluding carboxylic acids is 1. The highest BCUT2D eigenvalue weighted by atomic mass is 32.2. The summed E-state index contributed by atoms with van der Waals surface area (Å²) in [6, 6.07) is 10.1. The third kappa shape index (κ3) is 6.88. The summed E-state index contributed by atoms with van der Waals surface area (Å²) in [6.45, 7) is 10.1. The van der Waals surface area contributed by atoms with Gasteiger partial charge in [-0.2, -0.15) is 5.10 Å². The molecule has 0 amide bonds. The summed E-state index contributed by atoms with van der Waals surface area (Å²) in [5, 5.41) is 9.55. The van der Waals surface area contributed by atoms with Crippen molar-refractivity contribution in [1.82, 2.24) is 29.8 Å². The Kier molecular flexibility index (Phi) is 10.2. The van der Waals surface area contributed by atoms with E-state index in [0.29, 0.717) is 28.8 Å². The lowest BCUT2D eigenvalue weighted by atomic mass is 10.1. The summed E-state index contributed by atoms with van der Waals surface area (Å²) in [5.74, 6) is 0.626. The minimum Gasteiger partial charge on any atom is -0.318 e. The largest absolute Gasteiger partial charge is 0.318 e. The molecule has 35 heavy (non-hydrogen) atoms. The second-order valence-corrected chi connectivity index (χ2v) is 9.40. The van der Waals surface area contributed by atoms with Crippen molar-refractivity contribution in [1.29, 1.82) is 0 Å². The van der Waals surface area contributed by atoms with Gasteiger partial charge in [0.25, 0.3) is 0 Å². The Hall–Kier alpha value is -2.79. The topological polar surface area (TPSA) is 87.5 Å². The maximum Gasteiger partial charge on any atom is 0.165 e. The monoisotopic (exact) mass is 511 g/mol. The van der Waals surface area contributed by atoms with E-state index < -0.39 is 0 Å². The van der Waals surface area contributed by atoms with Crippen molar-refractivity contribution in [2.45, 2.75) is 26.8 Å². The third-order valence-electron chi connectivity index (χ3n) is 5.54. The zero-order valence-electron chi connectivity index (χ0n) is 20.9. The Morgan fingerprint density at radius 1 is 1.20 bits per heavy atom. The summed E-state index contributed by atoms with van der Waals surface area (Å²) in [6.07, 6.45) is 6.32. The predicted molar refractivity (Wildman–Crippen MR) is 148 cm³/mol. The second-order valence-electron chi connectivity index (χ2n) is 7.84. The van der Waals surface area contributed by atoms with Crippen LogP contribution in [0.4, 0.5) is 5.82 Å². The van der Waals surface area contributed by atoms with Crippen LogP contribution in [0.1, 0.15) is 31.1 Å². The van der Waals surface area contributed by atoms with E-state index in [1.54, 1.807) is 34.2 Å². The lowest BCUT2D eigenvalue weighted by Crippen LogP contribution is -2.39. The number of hydrogen-bond acceptors (Lipinski definition) is 9. The van der Waals surface area contributed by atoms with Crippen LogP contribution in [0.15, 0.2) is 48.1 Å². The fourth-order valence-corrected chi connectivity index (χ4v) is 4.81. The van der Waals surface area contributed by atoms with Gasteiger partial charge in [-0.1, -0.05) is 31.9 Å². The minimum absolute atomic E-state index is 0.551. The van der Waals surface area contributed by atoms with Crippen LogP contribution in [0, 0.1) is 0 Å². The number of nitrogens with zero attached hydrogens (tertiary/aromatic N) is 5. The molecule has 0 aliphatic heterocycles. The molecule has 1 atom stereocenters. The highest BCUT2D eigenvalue weighted by molar-refractivity contribution is 7.99. The van der Waals surface area contributed by atoms with Crippen LogP contribution in [-0.2, 0) is 0 Å². The number of likely N-dealkylation sites (N-methyl/N-ethyl adjacent to an activating group) is 2. The number of thiophene rings is 1. The number of aromatic nitrogens is 4. The first-order chi connectivity index (χ1) is 17.0. The maximum absolute atomic E-state index is 11.3. The molecule has 8 nitrogen and oxygen atoms in total. The number of nitrogens with one attached hydrogen (secondary N) is 2. The van der Waals surface area contributed by atoms with Crippen LogP contribution in [-0.4, -0.2) is 69.7 Å². The van der Waals surface area contributed by atoms with Crippen LogP contribution < -0.4 is 10.0 Å². The molecule has 0 aliphatic carbocycles. The van der Waals surface area contributed by atoms with Crippen LogP contribution >= 0.6 is 23.3 Å². The summed E-state index contributed by atoms with van der Waals surface area (Å²) in [7, 11) is 2.00. The highest BCUT2D eigenvalue weighted by Crippen LogP contribution is 2.28. The number of anilines is 1. The number of rotatable bonds is 10. The smallest absolute Gasteiger partial charge is 0.165 e. The highest BCUT2D eigenvalue weighted by Gasteiger charge is 2.13. The van der Waals surface area contributed by atoms with Gasteiger partial charge < -0.3 is 10.0 Å². The summed E-state index contributed by atoms with van der Waals surface area (Å²) >= 11 is 3.06.